The first kappa shape index (κ1) is 27.2. The standard InChI is InChI=1S/C27H25F3N2O5S/c1-3-37-23-11-12-25-19(14-23)13-20(26(33)31-25)17-32(16-18-7-9-22(36-2)10-8-18)38(34,35)24-6-4-5-21(15-24)27(28,29)30/h4-15H,3,16-17H2,1-2H3,(H,31,33). The molecule has 0 aliphatic heterocycles. The smallest absolute Gasteiger partial charge is 0.416 e. The maximum absolute atomic E-state index is 13.7. The molecule has 3 aromatic carbocycles. The minimum Gasteiger partial charge on any atom is -0.497 e. The molecule has 0 unspecified atom stereocenters. The van der Waals surface area contributed by atoms with Crippen LogP contribution < -0.4 is 15.0 Å². The van der Waals surface area contributed by atoms with Gasteiger partial charge in [0.15, 0.2) is 0 Å². The zero-order valence-electron chi connectivity index (χ0n) is 20.6. The number of hydrogen-bond acceptors (Lipinski definition) is 5. The van der Waals surface area contributed by atoms with Crippen LogP contribution in [0.3, 0.4) is 0 Å². The van der Waals surface area contributed by atoms with Crippen molar-refractivity contribution >= 4 is 20.9 Å². The lowest BCUT2D eigenvalue weighted by molar-refractivity contribution is -0.137. The van der Waals surface area contributed by atoms with Crippen molar-refractivity contribution in [1.29, 1.82) is 0 Å². The molecular formula is C27H25F3N2O5S. The number of rotatable bonds is 9. The van der Waals surface area contributed by atoms with E-state index < -0.39 is 32.2 Å². The lowest BCUT2D eigenvalue weighted by atomic mass is 10.1. The molecule has 200 valence electrons. The number of ether oxygens (including phenoxy) is 2. The van der Waals surface area contributed by atoms with Crippen LogP contribution in [0.4, 0.5) is 13.2 Å². The summed E-state index contributed by atoms with van der Waals surface area (Å²) in [7, 11) is -2.97. The summed E-state index contributed by atoms with van der Waals surface area (Å²) in [5.41, 5.74) is -0.396. The molecule has 7 nitrogen and oxygen atoms in total. The van der Waals surface area contributed by atoms with E-state index in [2.05, 4.69) is 4.98 Å². The molecule has 0 saturated carbocycles. The van der Waals surface area contributed by atoms with Crippen LogP contribution in [-0.2, 0) is 29.3 Å². The van der Waals surface area contributed by atoms with Gasteiger partial charge in [-0.3, -0.25) is 4.79 Å². The Labute approximate surface area is 217 Å². The molecule has 0 saturated heterocycles. The third kappa shape index (κ3) is 6.00. The van der Waals surface area contributed by atoms with Crippen LogP contribution in [0.5, 0.6) is 11.5 Å². The average molecular weight is 547 g/mol. The summed E-state index contributed by atoms with van der Waals surface area (Å²) >= 11 is 0. The number of pyridine rings is 1. The third-order valence-corrected chi connectivity index (χ3v) is 7.66. The number of nitrogens with one attached hydrogen (secondary N) is 1. The van der Waals surface area contributed by atoms with Crippen molar-refractivity contribution in [2.45, 2.75) is 31.1 Å². The Morgan fingerprint density at radius 2 is 1.63 bits per heavy atom. The number of halogens is 3. The van der Waals surface area contributed by atoms with Gasteiger partial charge in [0, 0.05) is 29.6 Å². The van der Waals surface area contributed by atoms with Crippen molar-refractivity contribution in [2.24, 2.45) is 0 Å². The summed E-state index contributed by atoms with van der Waals surface area (Å²) in [5, 5.41) is 0.617. The highest BCUT2D eigenvalue weighted by Crippen LogP contribution is 2.32. The predicted octanol–water partition coefficient (Wildman–Crippen LogP) is 5.35. The summed E-state index contributed by atoms with van der Waals surface area (Å²) in [6.07, 6.45) is -4.72. The predicted molar refractivity (Wildman–Crippen MR) is 137 cm³/mol. The second-order valence-electron chi connectivity index (χ2n) is 8.45. The Balaban J connectivity index is 1.78. The number of hydrogen-bond donors (Lipinski definition) is 1. The topological polar surface area (TPSA) is 88.7 Å². The molecule has 0 aliphatic carbocycles. The molecule has 0 radical (unpaired) electrons. The highest BCUT2D eigenvalue weighted by Gasteiger charge is 2.33. The first-order valence-electron chi connectivity index (χ1n) is 11.6. The fourth-order valence-electron chi connectivity index (χ4n) is 3.94. The van der Waals surface area contributed by atoms with E-state index in [1.54, 1.807) is 48.5 Å². The van der Waals surface area contributed by atoms with Crippen molar-refractivity contribution in [2.75, 3.05) is 13.7 Å². The fraction of sp³-hybridized carbons (Fsp3) is 0.222. The second-order valence-corrected chi connectivity index (χ2v) is 10.4. The maximum Gasteiger partial charge on any atom is 0.416 e. The number of H-pyrrole nitrogens is 1. The molecule has 0 bridgehead atoms. The van der Waals surface area contributed by atoms with Gasteiger partial charge in [-0.15, -0.1) is 0 Å². The molecule has 11 heteroatoms. The molecule has 1 heterocycles. The van der Waals surface area contributed by atoms with Crippen molar-refractivity contribution < 1.29 is 31.1 Å². The molecule has 0 fully saturated rings. The number of methoxy groups -OCH3 is 1. The Bertz CT molecular complexity index is 1600. The van der Waals surface area contributed by atoms with Gasteiger partial charge in [-0.1, -0.05) is 18.2 Å². The summed E-state index contributed by atoms with van der Waals surface area (Å²) < 4.78 is 79.0. The average Bonchev–Trinajstić information content (AvgIpc) is 2.89. The first-order valence-corrected chi connectivity index (χ1v) is 13.0. The highest BCUT2D eigenvalue weighted by molar-refractivity contribution is 7.89. The van der Waals surface area contributed by atoms with Gasteiger partial charge in [-0.05, 0) is 67.1 Å². The maximum atomic E-state index is 13.7. The second kappa shape index (κ2) is 10.9. The van der Waals surface area contributed by atoms with Gasteiger partial charge < -0.3 is 14.5 Å². The summed E-state index contributed by atoms with van der Waals surface area (Å²) in [4.78, 5) is 15.1. The van der Waals surface area contributed by atoms with Crippen molar-refractivity contribution in [3.63, 3.8) is 0 Å². The van der Waals surface area contributed by atoms with Gasteiger partial charge >= 0.3 is 6.18 Å². The van der Waals surface area contributed by atoms with Crippen LogP contribution in [0.1, 0.15) is 23.6 Å². The van der Waals surface area contributed by atoms with Crippen LogP contribution in [0, 0.1) is 0 Å². The van der Waals surface area contributed by atoms with E-state index in [1.807, 2.05) is 6.92 Å². The van der Waals surface area contributed by atoms with E-state index in [0.717, 1.165) is 22.5 Å². The van der Waals surface area contributed by atoms with E-state index in [4.69, 9.17) is 9.47 Å². The number of benzene rings is 3. The first-order chi connectivity index (χ1) is 18.0. The Morgan fingerprint density at radius 3 is 2.29 bits per heavy atom. The van der Waals surface area contributed by atoms with Crippen LogP contribution in [-0.4, -0.2) is 31.4 Å². The van der Waals surface area contributed by atoms with Gasteiger partial charge in [-0.2, -0.15) is 17.5 Å². The van der Waals surface area contributed by atoms with Gasteiger partial charge in [0.25, 0.3) is 5.56 Å². The molecular weight excluding hydrogens is 521 g/mol. The Morgan fingerprint density at radius 1 is 0.921 bits per heavy atom. The lowest BCUT2D eigenvalue weighted by Crippen LogP contribution is -2.32. The molecule has 1 aromatic heterocycles. The normalized spacial score (nSPS) is 12.2. The van der Waals surface area contributed by atoms with Gasteiger partial charge in [0.2, 0.25) is 10.0 Å². The van der Waals surface area contributed by atoms with E-state index in [-0.39, 0.29) is 18.7 Å². The molecule has 0 spiro atoms. The summed E-state index contributed by atoms with van der Waals surface area (Å²) in [6.45, 7) is 1.69. The number of nitrogens with zero attached hydrogens (tertiary/aromatic N) is 1. The molecule has 38 heavy (non-hydrogen) atoms. The lowest BCUT2D eigenvalue weighted by Gasteiger charge is -2.23. The molecule has 0 amide bonds. The number of fused-ring (bicyclic) bond motifs is 1. The van der Waals surface area contributed by atoms with Crippen molar-refractivity contribution in [1.82, 2.24) is 9.29 Å². The van der Waals surface area contributed by atoms with Crippen LogP contribution in [0.2, 0.25) is 0 Å². The van der Waals surface area contributed by atoms with Gasteiger partial charge in [-0.25, -0.2) is 8.42 Å². The SMILES string of the molecule is CCOc1ccc2[nH]c(=O)c(CN(Cc3ccc(OC)cc3)S(=O)(=O)c3cccc(C(F)(F)F)c3)cc2c1. The zero-order valence-corrected chi connectivity index (χ0v) is 21.4. The number of aromatic amines is 1. The van der Waals surface area contributed by atoms with Crippen molar-refractivity contribution in [3.8, 4) is 11.5 Å². The van der Waals surface area contributed by atoms with Gasteiger partial charge in [0.05, 0.1) is 24.2 Å². The zero-order chi connectivity index (χ0) is 27.5. The van der Waals surface area contributed by atoms with E-state index in [1.165, 1.54) is 7.11 Å². The monoisotopic (exact) mass is 546 g/mol. The molecule has 0 aliphatic rings. The van der Waals surface area contributed by atoms with Crippen molar-refractivity contribution in [3.05, 3.63) is 99.8 Å². The van der Waals surface area contributed by atoms with Crippen LogP contribution >= 0.6 is 0 Å². The molecule has 4 rings (SSSR count). The van der Waals surface area contributed by atoms with Crippen LogP contribution in [0.25, 0.3) is 10.9 Å². The minimum atomic E-state index is -4.72. The quantitative estimate of drug-likeness (QED) is 0.306. The third-order valence-electron chi connectivity index (χ3n) is 5.87. The van der Waals surface area contributed by atoms with E-state index in [0.29, 0.717) is 40.6 Å². The van der Waals surface area contributed by atoms with Crippen LogP contribution in [0.15, 0.2) is 82.5 Å². The fourth-order valence-corrected chi connectivity index (χ4v) is 5.39. The summed E-state index contributed by atoms with van der Waals surface area (Å²) in [6, 6.07) is 16.8. The Hall–Kier alpha value is -3.83. The summed E-state index contributed by atoms with van der Waals surface area (Å²) in [5.74, 6) is 1.13. The highest BCUT2D eigenvalue weighted by atomic mass is 32.2. The number of alkyl halides is 3. The van der Waals surface area contributed by atoms with E-state index in [9.17, 15) is 26.4 Å². The molecule has 0 atom stereocenters. The molecule has 4 aromatic rings. The minimum absolute atomic E-state index is 0.121. The Kier molecular flexibility index (Phi) is 7.79. The van der Waals surface area contributed by atoms with E-state index >= 15 is 0 Å². The van der Waals surface area contributed by atoms with Gasteiger partial charge in [0.1, 0.15) is 11.5 Å². The number of sulfonamides is 1. The molecule has 1 N–H and O–H groups in total. The largest absolute Gasteiger partial charge is 0.497 e. The number of aromatic nitrogens is 1.